The summed E-state index contributed by atoms with van der Waals surface area (Å²) in [6.07, 6.45) is -0.547. The first-order chi connectivity index (χ1) is 9.80. The Morgan fingerprint density at radius 3 is 2.43 bits per heavy atom. The summed E-state index contributed by atoms with van der Waals surface area (Å²) in [6, 6.07) is 3.94. The molecule has 0 spiro atoms. The number of anilines is 1. The Labute approximate surface area is 119 Å². The number of benzene rings is 1. The molecule has 0 bridgehead atoms. The van der Waals surface area contributed by atoms with Gasteiger partial charge in [-0.25, -0.2) is 13.6 Å². The topological polar surface area (TPSA) is 86.6 Å². The van der Waals surface area contributed by atoms with E-state index in [1.165, 1.54) is 18.2 Å². The van der Waals surface area contributed by atoms with Crippen molar-refractivity contribution in [2.24, 2.45) is 5.92 Å². The third-order valence-electron chi connectivity index (χ3n) is 3.61. The Morgan fingerprint density at radius 2 is 1.86 bits per heavy atom. The van der Waals surface area contributed by atoms with Crippen molar-refractivity contribution in [3.05, 3.63) is 23.8 Å². The lowest BCUT2D eigenvalue weighted by Crippen LogP contribution is -2.31. The molecule has 3 N–H and O–H groups in total. The second-order valence-electron chi connectivity index (χ2n) is 5.13. The van der Waals surface area contributed by atoms with Crippen LogP contribution in [-0.4, -0.2) is 28.0 Å². The fourth-order valence-electron chi connectivity index (χ4n) is 2.35. The molecule has 1 amide bonds. The van der Waals surface area contributed by atoms with Gasteiger partial charge in [0.2, 0.25) is 11.8 Å². The molecule has 1 aromatic carbocycles. The Hall–Kier alpha value is -2.18. The molecule has 5 nitrogen and oxygen atoms in total. The predicted molar refractivity (Wildman–Crippen MR) is 70.6 cm³/mol. The smallest absolute Gasteiger partial charge is 0.339 e. The Kier molecular flexibility index (Phi) is 4.11. The maximum Gasteiger partial charge on any atom is 0.339 e. The monoisotopic (exact) mass is 299 g/mol. The van der Waals surface area contributed by atoms with E-state index in [-0.39, 0.29) is 36.9 Å². The van der Waals surface area contributed by atoms with Crippen molar-refractivity contribution >= 4 is 17.6 Å². The molecule has 1 aliphatic carbocycles. The number of hydrogen-bond donors (Lipinski definition) is 3. The van der Waals surface area contributed by atoms with E-state index in [0.717, 1.165) is 0 Å². The minimum atomic E-state index is -2.72. The average Bonchev–Trinajstić information content (AvgIpc) is 2.40. The Morgan fingerprint density at radius 1 is 1.24 bits per heavy atom. The lowest BCUT2D eigenvalue weighted by Gasteiger charge is -2.27. The van der Waals surface area contributed by atoms with Gasteiger partial charge in [0.1, 0.15) is 5.56 Å². The van der Waals surface area contributed by atoms with Crippen LogP contribution in [0.2, 0.25) is 0 Å². The number of carboxylic acids is 1. The van der Waals surface area contributed by atoms with Crippen LogP contribution in [0.5, 0.6) is 5.75 Å². The van der Waals surface area contributed by atoms with Gasteiger partial charge in [0.25, 0.3) is 0 Å². The highest BCUT2D eigenvalue weighted by Crippen LogP contribution is 2.37. The number of amides is 1. The van der Waals surface area contributed by atoms with Gasteiger partial charge in [-0.05, 0) is 25.0 Å². The van der Waals surface area contributed by atoms with Crippen molar-refractivity contribution in [3.63, 3.8) is 0 Å². The molecule has 1 saturated carbocycles. The third kappa shape index (κ3) is 3.48. The van der Waals surface area contributed by atoms with E-state index in [4.69, 9.17) is 5.11 Å². The summed E-state index contributed by atoms with van der Waals surface area (Å²) < 4.78 is 26.1. The van der Waals surface area contributed by atoms with E-state index < -0.39 is 29.5 Å². The molecular weight excluding hydrogens is 284 g/mol. The lowest BCUT2D eigenvalue weighted by atomic mass is 9.86. The summed E-state index contributed by atoms with van der Waals surface area (Å²) in [6.45, 7) is 0. The summed E-state index contributed by atoms with van der Waals surface area (Å²) in [5.74, 6) is -5.62. The normalized spacial score (nSPS) is 18.2. The van der Waals surface area contributed by atoms with E-state index in [2.05, 4.69) is 5.32 Å². The summed E-state index contributed by atoms with van der Waals surface area (Å²) in [7, 11) is 0. The van der Waals surface area contributed by atoms with Gasteiger partial charge in [0.05, 0.1) is 5.69 Å². The van der Waals surface area contributed by atoms with Gasteiger partial charge < -0.3 is 15.5 Å². The highest BCUT2D eigenvalue weighted by Gasteiger charge is 2.37. The second-order valence-corrected chi connectivity index (χ2v) is 5.13. The van der Waals surface area contributed by atoms with Gasteiger partial charge in [-0.1, -0.05) is 6.07 Å². The number of carbonyl (C=O) groups excluding carboxylic acids is 1. The molecule has 1 fully saturated rings. The molecule has 1 aliphatic rings. The third-order valence-corrected chi connectivity index (χ3v) is 3.61. The summed E-state index contributed by atoms with van der Waals surface area (Å²) in [5, 5.41) is 21.1. The van der Waals surface area contributed by atoms with Crippen LogP contribution in [-0.2, 0) is 4.79 Å². The molecule has 21 heavy (non-hydrogen) atoms. The zero-order chi connectivity index (χ0) is 15.6. The van der Waals surface area contributed by atoms with Crippen molar-refractivity contribution < 1.29 is 28.6 Å². The van der Waals surface area contributed by atoms with Gasteiger partial charge in [0, 0.05) is 18.8 Å². The number of phenols is 1. The molecule has 0 saturated heterocycles. The van der Waals surface area contributed by atoms with Crippen molar-refractivity contribution in [1.82, 2.24) is 0 Å². The number of carbonyl (C=O) groups is 2. The maximum absolute atomic E-state index is 13.0. The van der Waals surface area contributed by atoms with Crippen molar-refractivity contribution in [2.45, 2.75) is 31.6 Å². The maximum atomic E-state index is 13.0. The Balaban J connectivity index is 2.07. The molecule has 0 unspecified atom stereocenters. The number of para-hydroxylation sites is 1. The highest BCUT2D eigenvalue weighted by molar-refractivity contribution is 5.98. The van der Waals surface area contributed by atoms with Crippen LogP contribution in [0, 0.1) is 5.92 Å². The van der Waals surface area contributed by atoms with Crippen molar-refractivity contribution in [1.29, 1.82) is 0 Å². The van der Waals surface area contributed by atoms with Gasteiger partial charge >= 0.3 is 5.97 Å². The number of nitrogens with one attached hydrogen (secondary N) is 1. The summed E-state index contributed by atoms with van der Waals surface area (Å²) >= 11 is 0. The molecule has 0 aliphatic heterocycles. The molecule has 2 rings (SSSR count). The molecule has 0 heterocycles. The van der Waals surface area contributed by atoms with E-state index in [1.54, 1.807) is 0 Å². The van der Waals surface area contributed by atoms with Gasteiger partial charge in [-0.3, -0.25) is 4.79 Å². The fraction of sp³-hybridized carbons (Fsp3) is 0.429. The zero-order valence-corrected chi connectivity index (χ0v) is 11.1. The molecular formula is C14H15F2NO4. The van der Waals surface area contributed by atoms with Crippen LogP contribution in [0.25, 0.3) is 0 Å². The van der Waals surface area contributed by atoms with Gasteiger partial charge in [0.15, 0.2) is 5.75 Å². The van der Waals surface area contributed by atoms with E-state index in [9.17, 15) is 23.5 Å². The zero-order valence-electron chi connectivity index (χ0n) is 11.1. The lowest BCUT2D eigenvalue weighted by molar-refractivity contribution is -0.124. The van der Waals surface area contributed by atoms with E-state index in [1.807, 2.05) is 0 Å². The molecule has 7 heteroatoms. The first kappa shape index (κ1) is 15.2. The first-order valence-electron chi connectivity index (χ1n) is 6.54. The first-order valence-corrected chi connectivity index (χ1v) is 6.54. The number of carboxylic acid groups (broad SMARTS) is 1. The SMILES string of the molecule is O=C(O)c1cccc(NC(=O)C2CCC(F)(F)CC2)c1O. The van der Waals surface area contributed by atoms with Crippen LogP contribution < -0.4 is 5.32 Å². The molecule has 0 aromatic heterocycles. The van der Waals surface area contributed by atoms with Crippen LogP contribution in [0.3, 0.4) is 0 Å². The number of hydrogen-bond acceptors (Lipinski definition) is 3. The minimum Gasteiger partial charge on any atom is -0.505 e. The average molecular weight is 299 g/mol. The van der Waals surface area contributed by atoms with Crippen molar-refractivity contribution in [2.75, 3.05) is 5.32 Å². The Bertz CT molecular complexity index is 564. The number of halogens is 2. The molecule has 0 atom stereocenters. The summed E-state index contributed by atoms with van der Waals surface area (Å²) in [5.41, 5.74) is -0.361. The second kappa shape index (κ2) is 5.67. The highest BCUT2D eigenvalue weighted by atomic mass is 19.3. The van der Waals surface area contributed by atoms with Crippen LogP contribution in [0.4, 0.5) is 14.5 Å². The fourth-order valence-corrected chi connectivity index (χ4v) is 2.35. The summed E-state index contributed by atoms with van der Waals surface area (Å²) in [4.78, 5) is 22.9. The van der Waals surface area contributed by atoms with Crippen LogP contribution >= 0.6 is 0 Å². The number of rotatable bonds is 3. The largest absolute Gasteiger partial charge is 0.505 e. The minimum absolute atomic E-state index is 0.0303. The number of alkyl halides is 2. The number of aromatic carboxylic acids is 1. The van der Waals surface area contributed by atoms with Gasteiger partial charge in [-0.15, -0.1) is 0 Å². The van der Waals surface area contributed by atoms with Crippen LogP contribution in [0.1, 0.15) is 36.0 Å². The van der Waals surface area contributed by atoms with Crippen LogP contribution in [0.15, 0.2) is 18.2 Å². The standard InChI is InChI=1S/C14H15F2NO4/c15-14(16)6-4-8(5-7-14)12(19)17-10-3-1-2-9(11(10)18)13(20)21/h1-3,8,18H,4-7H2,(H,17,19)(H,20,21). The predicted octanol–water partition coefficient (Wildman–Crippen LogP) is 2.85. The number of aromatic hydroxyl groups is 1. The van der Waals surface area contributed by atoms with Crippen molar-refractivity contribution in [3.8, 4) is 5.75 Å². The van der Waals surface area contributed by atoms with E-state index in [0.29, 0.717) is 0 Å². The molecule has 0 radical (unpaired) electrons. The molecule has 114 valence electrons. The van der Waals surface area contributed by atoms with Gasteiger partial charge in [-0.2, -0.15) is 0 Å². The van der Waals surface area contributed by atoms with E-state index >= 15 is 0 Å². The molecule has 1 aromatic rings. The quantitative estimate of drug-likeness (QED) is 0.749.